The van der Waals surface area contributed by atoms with E-state index in [1.54, 1.807) is 0 Å². The lowest BCUT2D eigenvalue weighted by Gasteiger charge is -2.40. The number of benzene rings is 2. The van der Waals surface area contributed by atoms with Crippen LogP contribution in [0.4, 0.5) is 0 Å². The van der Waals surface area contributed by atoms with E-state index in [0.717, 1.165) is 5.56 Å². The Balaban J connectivity index is 1.42. The Morgan fingerprint density at radius 1 is 0.931 bits per heavy atom. The number of carbonyl (C=O) groups is 2. The number of ether oxygens (including phenoxy) is 2. The number of amides is 1. The van der Waals surface area contributed by atoms with Crippen LogP contribution >= 0.6 is 0 Å². The topological polar surface area (TPSA) is 55.8 Å². The number of ketones is 1. The van der Waals surface area contributed by atoms with E-state index in [-0.39, 0.29) is 11.7 Å². The highest BCUT2D eigenvalue weighted by atomic mass is 16.5. The maximum absolute atomic E-state index is 13.8. The van der Waals surface area contributed by atoms with Gasteiger partial charge in [0.25, 0.3) is 0 Å². The SMILES string of the molecule is O=C1C[C@]2(CCN(C(=O)C3(c4ccccc4)CCOCC3)C2)Oc2ccccc21. The number of hydrogen-bond acceptors (Lipinski definition) is 4. The van der Waals surface area contributed by atoms with Crippen molar-refractivity contribution in [3.8, 4) is 5.75 Å². The fraction of sp³-hybridized carbons (Fsp3) is 0.417. The van der Waals surface area contributed by atoms with Gasteiger partial charge in [0.15, 0.2) is 5.78 Å². The Morgan fingerprint density at radius 3 is 2.45 bits per heavy atom. The van der Waals surface area contributed by atoms with Crippen LogP contribution in [0, 0.1) is 0 Å². The van der Waals surface area contributed by atoms with E-state index in [2.05, 4.69) is 0 Å². The van der Waals surface area contributed by atoms with E-state index in [1.807, 2.05) is 59.5 Å². The molecule has 2 aromatic rings. The Morgan fingerprint density at radius 2 is 1.66 bits per heavy atom. The zero-order valence-electron chi connectivity index (χ0n) is 16.4. The van der Waals surface area contributed by atoms with Crippen molar-refractivity contribution < 1.29 is 19.1 Å². The Hall–Kier alpha value is -2.66. The standard InChI is InChI=1S/C24H25NO4/c26-20-16-23(29-21-9-5-4-8-19(20)21)10-13-25(17-23)22(27)24(11-14-28-15-12-24)18-6-2-1-3-7-18/h1-9H,10-17H2/t23-/m0/s1. The second-order valence-electron chi connectivity index (χ2n) is 8.42. The van der Waals surface area contributed by atoms with Crippen LogP contribution in [0.5, 0.6) is 5.75 Å². The number of nitrogens with zero attached hydrogens (tertiary/aromatic N) is 1. The summed E-state index contributed by atoms with van der Waals surface area (Å²) in [6.07, 6.45) is 2.37. The first-order valence-corrected chi connectivity index (χ1v) is 10.4. The van der Waals surface area contributed by atoms with Gasteiger partial charge in [-0.2, -0.15) is 0 Å². The number of rotatable bonds is 2. The average Bonchev–Trinajstić information content (AvgIpc) is 3.17. The molecule has 3 heterocycles. The second-order valence-corrected chi connectivity index (χ2v) is 8.42. The molecule has 29 heavy (non-hydrogen) atoms. The molecular weight excluding hydrogens is 366 g/mol. The van der Waals surface area contributed by atoms with Gasteiger partial charge in [-0.25, -0.2) is 0 Å². The van der Waals surface area contributed by atoms with Crippen LogP contribution < -0.4 is 4.74 Å². The summed E-state index contributed by atoms with van der Waals surface area (Å²) in [5.41, 5.74) is 0.541. The predicted octanol–water partition coefficient (Wildman–Crippen LogP) is 3.37. The molecule has 0 unspecified atom stereocenters. The number of hydrogen-bond donors (Lipinski definition) is 0. The second kappa shape index (κ2) is 6.99. The van der Waals surface area contributed by atoms with E-state index in [1.165, 1.54) is 0 Å². The third kappa shape index (κ3) is 3.04. The molecule has 5 nitrogen and oxygen atoms in total. The molecule has 0 aromatic heterocycles. The molecule has 5 heteroatoms. The van der Waals surface area contributed by atoms with Crippen LogP contribution in [0.25, 0.3) is 0 Å². The molecule has 0 N–H and O–H groups in total. The van der Waals surface area contributed by atoms with E-state index >= 15 is 0 Å². The maximum atomic E-state index is 13.8. The van der Waals surface area contributed by atoms with Crippen molar-refractivity contribution in [2.45, 2.75) is 36.7 Å². The van der Waals surface area contributed by atoms with E-state index in [0.29, 0.717) is 63.3 Å². The summed E-state index contributed by atoms with van der Waals surface area (Å²) in [7, 11) is 0. The van der Waals surface area contributed by atoms with Crippen LogP contribution in [-0.2, 0) is 14.9 Å². The zero-order valence-corrected chi connectivity index (χ0v) is 16.4. The first-order valence-electron chi connectivity index (χ1n) is 10.4. The van der Waals surface area contributed by atoms with Gasteiger partial charge in [0.2, 0.25) is 5.91 Å². The summed E-state index contributed by atoms with van der Waals surface area (Å²) >= 11 is 0. The molecule has 1 amide bonds. The van der Waals surface area contributed by atoms with Crippen molar-refractivity contribution in [2.75, 3.05) is 26.3 Å². The van der Waals surface area contributed by atoms with Crippen LogP contribution in [0.3, 0.4) is 0 Å². The Labute approximate surface area is 170 Å². The zero-order chi connectivity index (χ0) is 19.9. The van der Waals surface area contributed by atoms with Gasteiger partial charge >= 0.3 is 0 Å². The molecule has 0 radical (unpaired) electrons. The third-order valence-corrected chi connectivity index (χ3v) is 6.68. The fourth-order valence-corrected chi connectivity index (χ4v) is 5.09. The highest BCUT2D eigenvalue weighted by Gasteiger charge is 2.51. The summed E-state index contributed by atoms with van der Waals surface area (Å²) in [5.74, 6) is 0.880. The van der Waals surface area contributed by atoms with Crippen molar-refractivity contribution in [2.24, 2.45) is 0 Å². The monoisotopic (exact) mass is 391 g/mol. The molecular formula is C24H25NO4. The highest BCUT2D eigenvalue weighted by molar-refractivity contribution is 6.00. The van der Waals surface area contributed by atoms with Gasteiger partial charge < -0.3 is 14.4 Å². The summed E-state index contributed by atoms with van der Waals surface area (Å²) in [6.45, 7) is 2.25. The quantitative estimate of drug-likeness (QED) is 0.788. The van der Waals surface area contributed by atoms with Crippen LogP contribution in [0.2, 0.25) is 0 Å². The number of carbonyl (C=O) groups excluding carboxylic acids is 2. The number of fused-ring (bicyclic) bond motifs is 1. The van der Waals surface area contributed by atoms with Crippen molar-refractivity contribution in [3.63, 3.8) is 0 Å². The van der Waals surface area contributed by atoms with Gasteiger partial charge in [-0.05, 0) is 30.5 Å². The first kappa shape index (κ1) is 18.4. The van der Waals surface area contributed by atoms with Crippen LogP contribution in [0.15, 0.2) is 54.6 Å². The maximum Gasteiger partial charge on any atom is 0.233 e. The smallest absolute Gasteiger partial charge is 0.233 e. The van der Waals surface area contributed by atoms with E-state index in [4.69, 9.17) is 9.47 Å². The Kier molecular flexibility index (Phi) is 4.43. The van der Waals surface area contributed by atoms with Gasteiger partial charge in [-0.3, -0.25) is 9.59 Å². The van der Waals surface area contributed by atoms with Crippen molar-refractivity contribution >= 4 is 11.7 Å². The molecule has 1 spiro atoms. The van der Waals surface area contributed by atoms with Gasteiger partial charge in [0, 0.05) is 26.2 Å². The molecule has 1 atom stereocenters. The van der Waals surface area contributed by atoms with Gasteiger partial charge in [0.05, 0.1) is 23.9 Å². The fourth-order valence-electron chi connectivity index (χ4n) is 5.09. The molecule has 2 saturated heterocycles. The predicted molar refractivity (Wildman–Crippen MR) is 108 cm³/mol. The number of para-hydroxylation sites is 1. The first-order chi connectivity index (χ1) is 14.1. The summed E-state index contributed by atoms with van der Waals surface area (Å²) < 4.78 is 11.9. The molecule has 2 fully saturated rings. The molecule has 0 saturated carbocycles. The van der Waals surface area contributed by atoms with Crippen molar-refractivity contribution in [1.82, 2.24) is 4.90 Å². The van der Waals surface area contributed by atoms with Crippen LogP contribution in [0.1, 0.15) is 41.6 Å². The molecule has 0 aliphatic carbocycles. The third-order valence-electron chi connectivity index (χ3n) is 6.68. The summed E-state index contributed by atoms with van der Waals surface area (Å²) in [4.78, 5) is 28.4. The van der Waals surface area contributed by atoms with E-state index < -0.39 is 11.0 Å². The van der Waals surface area contributed by atoms with E-state index in [9.17, 15) is 9.59 Å². The number of likely N-dealkylation sites (tertiary alicyclic amines) is 1. The lowest BCUT2D eigenvalue weighted by atomic mass is 9.73. The Bertz CT molecular complexity index is 935. The molecule has 5 rings (SSSR count). The minimum Gasteiger partial charge on any atom is -0.484 e. The van der Waals surface area contributed by atoms with Crippen LogP contribution in [-0.4, -0.2) is 48.5 Å². The summed E-state index contributed by atoms with van der Waals surface area (Å²) in [5, 5.41) is 0. The molecule has 150 valence electrons. The minimum absolute atomic E-state index is 0.102. The minimum atomic E-state index is -0.607. The summed E-state index contributed by atoms with van der Waals surface area (Å²) in [6, 6.07) is 17.5. The average molecular weight is 391 g/mol. The molecule has 3 aliphatic heterocycles. The lowest BCUT2D eigenvalue weighted by molar-refractivity contribution is -0.141. The number of Topliss-reactive ketones (excluding diaryl/α,β-unsaturated/α-hetero) is 1. The van der Waals surface area contributed by atoms with Gasteiger partial charge in [-0.1, -0.05) is 42.5 Å². The lowest BCUT2D eigenvalue weighted by Crippen LogP contribution is -2.51. The molecule has 3 aliphatic rings. The normalized spacial score (nSPS) is 25.5. The largest absolute Gasteiger partial charge is 0.484 e. The van der Waals surface area contributed by atoms with Gasteiger partial charge in [-0.15, -0.1) is 0 Å². The van der Waals surface area contributed by atoms with Crippen molar-refractivity contribution in [3.05, 3.63) is 65.7 Å². The molecule has 0 bridgehead atoms. The van der Waals surface area contributed by atoms with Gasteiger partial charge in [0.1, 0.15) is 11.4 Å². The molecule has 2 aromatic carbocycles. The van der Waals surface area contributed by atoms with Crippen molar-refractivity contribution in [1.29, 1.82) is 0 Å². The highest BCUT2D eigenvalue weighted by Crippen LogP contribution is 2.42.